The van der Waals surface area contributed by atoms with E-state index in [1.165, 1.54) is 17.0 Å². The van der Waals surface area contributed by atoms with Crippen LogP contribution in [0.5, 0.6) is 0 Å². The highest BCUT2D eigenvalue weighted by atomic mass is 19.1. The summed E-state index contributed by atoms with van der Waals surface area (Å²) in [5.74, 6) is -1.10. The molecule has 1 unspecified atom stereocenters. The number of hydrogen-bond acceptors (Lipinski definition) is 5. The van der Waals surface area contributed by atoms with Crippen molar-refractivity contribution in [1.82, 2.24) is 20.0 Å². The summed E-state index contributed by atoms with van der Waals surface area (Å²) in [6, 6.07) is 10.3. The molecule has 0 bridgehead atoms. The van der Waals surface area contributed by atoms with Crippen molar-refractivity contribution < 1.29 is 14.0 Å². The molecule has 3 aromatic rings. The first-order chi connectivity index (χ1) is 16.9. The number of carbonyl (C=O) groups excluding carboxylic acids is 2. The minimum atomic E-state index is -0.671. The van der Waals surface area contributed by atoms with E-state index in [-0.39, 0.29) is 11.2 Å². The third kappa shape index (κ3) is 4.35. The van der Waals surface area contributed by atoms with E-state index in [1.807, 2.05) is 12.1 Å². The van der Waals surface area contributed by atoms with Crippen LogP contribution in [0.25, 0.3) is 10.8 Å². The molecule has 5 rings (SSSR count). The molecular weight excluding hydrogens is 449 g/mol. The molecule has 2 aliphatic heterocycles. The number of H-pyrrole nitrogens is 1. The summed E-state index contributed by atoms with van der Waals surface area (Å²) in [4.78, 5) is 43.0. The highest BCUT2D eigenvalue weighted by Crippen LogP contribution is 2.29. The van der Waals surface area contributed by atoms with E-state index in [0.29, 0.717) is 41.5 Å². The number of aromatic nitrogens is 2. The van der Waals surface area contributed by atoms with E-state index in [2.05, 4.69) is 27.2 Å². The number of rotatable bonds is 6. The smallest absolute Gasteiger partial charge is 0.311 e. The van der Waals surface area contributed by atoms with Gasteiger partial charge in [-0.3, -0.25) is 14.5 Å². The maximum Gasteiger partial charge on any atom is 0.332 e. The predicted octanol–water partition coefficient (Wildman–Crippen LogP) is 3.07. The maximum atomic E-state index is 14.9. The second-order valence-corrected chi connectivity index (χ2v) is 8.89. The highest BCUT2D eigenvalue weighted by molar-refractivity contribution is 6.21. The molecule has 1 N–H and O–H groups in total. The molecule has 3 amide bonds. The summed E-state index contributed by atoms with van der Waals surface area (Å²) < 4.78 is 14.9. The first-order valence-electron chi connectivity index (χ1n) is 11.7. The Balaban J connectivity index is 1.40. The van der Waals surface area contributed by atoms with Crippen molar-refractivity contribution in [2.75, 3.05) is 31.1 Å². The topological polar surface area (TPSA) is 89.6 Å². The minimum Gasteiger partial charge on any atom is -0.311 e. The lowest BCUT2D eigenvalue weighted by molar-refractivity contribution is -0.119. The Hall–Kier alpha value is -3.85. The van der Waals surface area contributed by atoms with E-state index in [4.69, 9.17) is 0 Å². The largest absolute Gasteiger partial charge is 0.332 e. The minimum absolute atomic E-state index is 0.0681. The fourth-order valence-electron chi connectivity index (χ4n) is 4.70. The Labute approximate surface area is 201 Å². The third-order valence-corrected chi connectivity index (χ3v) is 6.68. The van der Waals surface area contributed by atoms with Crippen LogP contribution in [-0.2, 0) is 11.2 Å². The molecular formula is C26H26FN5O3. The number of hydrogen-bond donors (Lipinski definition) is 1. The number of amides is 3. The SMILES string of the molecule is CC1C(=O)N(c2cc(Cc3n[nH]c(=O)c4ccccc34)ccc2F)C(=O)N1CCN1CC=CCC1. The van der Waals surface area contributed by atoms with E-state index in [0.717, 1.165) is 24.4 Å². The summed E-state index contributed by atoms with van der Waals surface area (Å²) in [6.45, 7) is 4.45. The third-order valence-electron chi connectivity index (χ3n) is 6.68. The number of imide groups is 1. The fourth-order valence-corrected chi connectivity index (χ4v) is 4.70. The van der Waals surface area contributed by atoms with Gasteiger partial charge in [-0.25, -0.2) is 19.2 Å². The lowest BCUT2D eigenvalue weighted by atomic mass is 10.0. The van der Waals surface area contributed by atoms with E-state index in [1.54, 1.807) is 25.1 Å². The normalized spacial score (nSPS) is 18.7. The van der Waals surface area contributed by atoms with Crippen molar-refractivity contribution in [3.05, 3.63) is 82.0 Å². The number of urea groups is 1. The Morgan fingerprint density at radius 2 is 1.86 bits per heavy atom. The van der Waals surface area contributed by atoms with Gasteiger partial charge in [0.05, 0.1) is 16.8 Å². The van der Waals surface area contributed by atoms with E-state index in [9.17, 15) is 18.8 Å². The van der Waals surface area contributed by atoms with Gasteiger partial charge in [0.2, 0.25) is 0 Å². The number of fused-ring (bicyclic) bond motifs is 1. The average molecular weight is 476 g/mol. The van der Waals surface area contributed by atoms with Crippen LogP contribution < -0.4 is 10.5 Å². The van der Waals surface area contributed by atoms with Gasteiger partial charge in [-0.05, 0) is 37.1 Å². The van der Waals surface area contributed by atoms with Gasteiger partial charge >= 0.3 is 6.03 Å². The van der Waals surface area contributed by atoms with Crippen LogP contribution in [0.15, 0.2) is 59.4 Å². The zero-order valence-corrected chi connectivity index (χ0v) is 19.4. The standard InChI is InChI=1S/C26H26FN5O3/c1-17-25(34)32(26(35)31(17)14-13-30-11-5-2-6-12-30)23-16-18(9-10-21(23)27)15-22-19-7-3-4-8-20(19)24(33)29-28-22/h2-5,7-10,16-17H,6,11-15H2,1H3,(H,29,33). The number of anilines is 1. The summed E-state index contributed by atoms with van der Waals surface area (Å²) >= 11 is 0. The van der Waals surface area contributed by atoms with Gasteiger partial charge in [-0.1, -0.05) is 36.4 Å². The van der Waals surface area contributed by atoms with Crippen molar-refractivity contribution in [2.24, 2.45) is 0 Å². The van der Waals surface area contributed by atoms with Crippen molar-refractivity contribution in [3.8, 4) is 0 Å². The van der Waals surface area contributed by atoms with Gasteiger partial charge in [0.25, 0.3) is 11.5 Å². The molecule has 0 aliphatic carbocycles. The maximum absolute atomic E-state index is 14.9. The van der Waals surface area contributed by atoms with Crippen LogP contribution >= 0.6 is 0 Å². The molecule has 9 heteroatoms. The molecule has 1 fully saturated rings. The Morgan fingerprint density at radius 3 is 2.63 bits per heavy atom. The van der Waals surface area contributed by atoms with Crippen LogP contribution in [0, 0.1) is 5.82 Å². The first kappa shape index (κ1) is 22.9. The molecule has 8 nitrogen and oxygen atoms in total. The molecule has 2 aromatic carbocycles. The van der Waals surface area contributed by atoms with Gasteiger partial charge in [0, 0.05) is 38.0 Å². The predicted molar refractivity (Wildman–Crippen MR) is 131 cm³/mol. The fraction of sp³-hybridized carbons (Fsp3) is 0.308. The summed E-state index contributed by atoms with van der Waals surface area (Å²) in [5.41, 5.74) is 0.925. The van der Waals surface area contributed by atoms with E-state index < -0.39 is 23.8 Å². The Bertz CT molecular complexity index is 1380. The van der Waals surface area contributed by atoms with Crippen molar-refractivity contribution >= 4 is 28.4 Å². The van der Waals surface area contributed by atoms with Gasteiger partial charge < -0.3 is 4.90 Å². The molecule has 1 atom stereocenters. The number of nitrogens with one attached hydrogen (secondary N) is 1. The van der Waals surface area contributed by atoms with Gasteiger partial charge in [0.1, 0.15) is 11.9 Å². The molecule has 35 heavy (non-hydrogen) atoms. The Kier molecular flexibility index (Phi) is 6.17. The number of nitrogens with zero attached hydrogens (tertiary/aromatic N) is 4. The molecule has 180 valence electrons. The van der Waals surface area contributed by atoms with E-state index >= 15 is 0 Å². The second-order valence-electron chi connectivity index (χ2n) is 8.89. The average Bonchev–Trinajstić information content (AvgIpc) is 3.09. The molecule has 1 saturated heterocycles. The van der Waals surface area contributed by atoms with Crippen LogP contribution in [0.4, 0.5) is 14.9 Å². The zero-order chi connectivity index (χ0) is 24.5. The molecule has 2 aliphatic rings. The number of benzene rings is 2. The Morgan fingerprint density at radius 1 is 1.06 bits per heavy atom. The van der Waals surface area contributed by atoms with Crippen LogP contribution in [0.3, 0.4) is 0 Å². The first-order valence-corrected chi connectivity index (χ1v) is 11.7. The number of halogens is 1. The molecule has 3 heterocycles. The summed E-state index contributed by atoms with van der Waals surface area (Å²) in [5, 5.41) is 7.88. The number of aromatic amines is 1. The molecule has 1 aromatic heterocycles. The van der Waals surface area contributed by atoms with Gasteiger partial charge in [-0.2, -0.15) is 5.10 Å². The highest BCUT2D eigenvalue weighted by Gasteiger charge is 2.44. The summed E-state index contributed by atoms with van der Waals surface area (Å²) in [7, 11) is 0. The lowest BCUT2D eigenvalue weighted by Crippen LogP contribution is -2.41. The molecule has 0 radical (unpaired) electrons. The monoisotopic (exact) mass is 475 g/mol. The van der Waals surface area contributed by atoms with Crippen LogP contribution in [0.1, 0.15) is 24.6 Å². The quantitative estimate of drug-likeness (QED) is 0.437. The molecule has 0 spiro atoms. The molecule has 0 saturated carbocycles. The van der Waals surface area contributed by atoms with Crippen molar-refractivity contribution in [2.45, 2.75) is 25.8 Å². The zero-order valence-electron chi connectivity index (χ0n) is 19.4. The lowest BCUT2D eigenvalue weighted by Gasteiger charge is -2.27. The van der Waals surface area contributed by atoms with Crippen LogP contribution in [0.2, 0.25) is 0 Å². The number of carbonyl (C=O) groups is 2. The van der Waals surface area contributed by atoms with Crippen molar-refractivity contribution in [1.29, 1.82) is 0 Å². The van der Waals surface area contributed by atoms with Gasteiger partial charge in [-0.15, -0.1) is 0 Å². The second kappa shape index (κ2) is 9.42. The van der Waals surface area contributed by atoms with Crippen LogP contribution in [-0.4, -0.2) is 64.2 Å². The van der Waals surface area contributed by atoms with Gasteiger partial charge in [0.15, 0.2) is 0 Å². The summed E-state index contributed by atoms with van der Waals surface area (Å²) in [6.07, 6.45) is 5.48. The van der Waals surface area contributed by atoms with Crippen molar-refractivity contribution in [3.63, 3.8) is 0 Å².